The lowest BCUT2D eigenvalue weighted by Gasteiger charge is -2.42. The minimum absolute atomic E-state index is 0.0309. The molecule has 0 fully saturated rings. The maximum atomic E-state index is 2.73. The summed E-state index contributed by atoms with van der Waals surface area (Å²) in [6.07, 6.45) is 0. The van der Waals surface area contributed by atoms with Crippen LogP contribution < -0.4 is 10.4 Å². The number of nitrogens with zero attached hydrogens (tertiary/aromatic N) is 3. The van der Waals surface area contributed by atoms with Crippen LogP contribution in [0.25, 0.3) is 66.1 Å². The molecule has 7 aromatic carbocycles. The first kappa shape index (κ1) is 27.6. The highest BCUT2D eigenvalue weighted by atomic mass is 15.2. The first-order chi connectivity index (χ1) is 25.1. The summed E-state index contributed by atoms with van der Waals surface area (Å²) in [4.78, 5) is 2.56. The number of hydrogen-bond donors (Lipinski definition) is 0. The van der Waals surface area contributed by atoms with Crippen LogP contribution in [0.3, 0.4) is 0 Å². The van der Waals surface area contributed by atoms with E-state index in [1.54, 1.807) is 0 Å². The van der Waals surface area contributed by atoms with Crippen molar-refractivity contribution in [2.75, 3.05) is 4.90 Å². The molecule has 4 heteroatoms. The Bertz CT molecular complexity index is 3000. The third kappa shape index (κ3) is 3.27. The molecule has 0 bridgehead atoms. The molecule has 0 N–H and O–H groups in total. The van der Waals surface area contributed by atoms with Gasteiger partial charge >= 0.3 is 6.85 Å². The topological polar surface area (TPSA) is 13.1 Å². The fourth-order valence-electron chi connectivity index (χ4n) is 10.1. The van der Waals surface area contributed by atoms with E-state index in [4.69, 9.17) is 0 Å². The fraction of sp³-hybridized carbons (Fsp3) is 0.0638. The summed E-state index contributed by atoms with van der Waals surface area (Å²) in [5.74, 6) is 0. The van der Waals surface area contributed by atoms with E-state index in [0.29, 0.717) is 0 Å². The molecule has 4 heterocycles. The van der Waals surface area contributed by atoms with Gasteiger partial charge in [0.1, 0.15) is 0 Å². The number of hydrogen-bond acceptors (Lipinski definition) is 1. The Labute approximate surface area is 296 Å². The van der Waals surface area contributed by atoms with Crippen molar-refractivity contribution in [2.45, 2.75) is 19.3 Å². The van der Waals surface area contributed by atoms with Gasteiger partial charge in [0.25, 0.3) is 0 Å². The van der Waals surface area contributed by atoms with E-state index in [0.717, 1.165) is 0 Å². The van der Waals surface area contributed by atoms with Crippen LogP contribution in [-0.4, -0.2) is 15.9 Å². The Morgan fingerprint density at radius 1 is 0.510 bits per heavy atom. The minimum atomic E-state index is -0.197. The number of fused-ring (bicyclic) bond motifs is 12. The van der Waals surface area contributed by atoms with Gasteiger partial charge in [0, 0.05) is 71.9 Å². The number of para-hydroxylation sites is 4. The molecule has 3 nitrogen and oxygen atoms in total. The summed E-state index contributed by atoms with van der Waals surface area (Å²) in [5.41, 5.74) is 18.1. The number of anilines is 2. The molecule has 0 saturated heterocycles. The van der Waals surface area contributed by atoms with Crippen LogP contribution in [0.15, 0.2) is 163 Å². The lowest BCUT2D eigenvalue weighted by molar-refractivity contribution is 0.663. The smallest absolute Gasteiger partial charge is 0.329 e. The SMILES string of the molecule is CC1(C)C2=C(c3ccccc31)N(c1ccccc1)c1cccc3c1B2n1c2ccccc2c2c4c5ccccc5n(-c5ccccc5)c4cc-3c21. The highest BCUT2D eigenvalue weighted by Crippen LogP contribution is 2.57. The lowest BCUT2D eigenvalue weighted by atomic mass is 9.40. The third-order valence-corrected chi connectivity index (χ3v) is 12.1. The Hall–Kier alpha value is -6.26. The maximum Gasteiger partial charge on any atom is 0.329 e. The molecular formula is C47H32BN3. The van der Waals surface area contributed by atoms with Gasteiger partial charge in [-0.15, -0.1) is 0 Å². The Morgan fingerprint density at radius 2 is 1.14 bits per heavy atom. The molecule has 51 heavy (non-hydrogen) atoms. The summed E-state index contributed by atoms with van der Waals surface area (Å²) < 4.78 is 5.20. The minimum Gasteiger partial charge on any atom is -0.376 e. The quantitative estimate of drug-likeness (QED) is 0.170. The highest BCUT2D eigenvalue weighted by Gasteiger charge is 2.53. The number of allylic oxidation sites excluding steroid dienone is 1. The summed E-state index contributed by atoms with van der Waals surface area (Å²) in [7, 11) is 0. The van der Waals surface area contributed by atoms with Crippen molar-refractivity contribution in [1.82, 2.24) is 9.05 Å². The van der Waals surface area contributed by atoms with Gasteiger partial charge in [0.2, 0.25) is 0 Å². The average Bonchev–Trinajstić information content (AvgIpc) is 3.78. The molecule has 0 radical (unpaired) electrons. The van der Waals surface area contributed by atoms with Gasteiger partial charge in [-0.1, -0.05) is 123 Å². The van der Waals surface area contributed by atoms with Gasteiger partial charge in [0.05, 0.1) is 11.0 Å². The molecule has 0 atom stereocenters. The van der Waals surface area contributed by atoms with E-state index in [-0.39, 0.29) is 12.3 Å². The van der Waals surface area contributed by atoms with Gasteiger partial charge in [-0.25, -0.2) is 0 Å². The van der Waals surface area contributed by atoms with Crippen LogP contribution in [0.5, 0.6) is 0 Å². The molecule has 0 unspecified atom stereocenters. The summed E-state index contributed by atoms with van der Waals surface area (Å²) in [6.45, 7) is 4.92. The standard InChI is InChI=1S/C47H32BN3/c1-47(2)36-24-12-9-20-32(36)45-46(47)48-43-31(23-15-27-39(43)50(45)30-18-7-4-8-19-30)35-28-40-41(42-34-22-11-14-26-38(34)51(48)44(35)42)33-21-10-13-25-37(33)49(40)29-16-5-3-6-17-29/h3-28H,1-2H3. The zero-order chi connectivity index (χ0) is 33.6. The van der Waals surface area contributed by atoms with Gasteiger partial charge in [0.15, 0.2) is 0 Å². The molecule has 0 amide bonds. The predicted octanol–water partition coefficient (Wildman–Crippen LogP) is 11.0. The van der Waals surface area contributed by atoms with Gasteiger partial charge in [-0.05, 0) is 70.6 Å². The van der Waals surface area contributed by atoms with Crippen molar-refractivity contribution < 1.29 is 0 Å². The third-order valence-electron chi connectivity index (χ3n) is 12.1. The van der Waals surface area contributed by atoms with Crippen molar-refractivity contribution in [1.29, 1.82) is 0 Å². The van der Waals surface area contributed by atoms with E-state index in [2.05, 4.69) is 186 Å². The zero-order valence-electron chi connectivity index (χ0n) is 28.4. The van der Waals surface area contributed by atoms with Crippen LogP contribution >= 0.6 is 0 Å². The molecule has 1 aliphatic carbocycles. The molecule has 2 aliphatic heterocycles. The summed E-state index contributed by atoms with van der Waals surface area (Å²) in [6, 6.07) is 58.6. The number of rotatable bonds is 2. The highest BCUT2D eigenvalue weighted by molar-refractivity contribution is 6.85. The van der Waals surface area contributed by atoms with Crippen molar-refractivity contribution in [3.8, 4) is 16.8 Å². The molecule has 238 valence electrons. The van der Waals surface area contributed by atoms with Crippen molar-refractivity contribution in [3.63, 3.8) is 0 Å². The van der Waals surface area contributed by atoms with E-state index in [9.17, 15) is 0 Å². The molecule has 2 aromatic heterocycles. The maximum absolute atomic E-state index is 2.73. The largest absolute Gasteiger partial charge is 0.376 e. The van der Waals surface area contributed by atoms with Gasteiger partial charge in [-0.3, -0.25) is 0 Å². The normalized spacial score (nSPS) is 15.3. The predicted molar refractivity (Wildman–Crippen MR) is 215 cm³/mol. The van der Waals surface area contributed by atoms with Crippen LogP contribution in [0.4, 0.5) is 11.4 Å². The van der Waals surface area contributed by atoms with Crippen LogP contribution in [0.2, 0.25) is 0 Å². The van der Waals surface area contributed by atoms with Gasteiger partial charge in [-0.2, -0.15) is 0 Å². The first-order valence-electron chi connectivity index (χ1n) is 18.0. The van der Waals surface area contributed by atoms with Gasteiger partial charge < -0.3 is 13.9 Å². The van der Waals surface area contributed by atoms with Crippen molar-refractivity contribution >= 4 is 73.0 Å². The van der Waals surface area contributed by atoms with Crippen molar-refractivity contribution in [2.24, 2.45) is 0 Å². The molecule has 0 saturated carbocycles. The molecule has 3 aliphatic rings. The molecule has 12 rings (SSSR count). The second-order valence-corrected chi connectivity index (χ2v) is 14.9. The Morgan fingerprint density at radius 3 is 1.92 bits per heavy atom. The van der Waals surface area contributed by atoms with Crippen LogP contribution in [0, 0.1) is 0 Å². The van der Waals surface area contributed by atoms with Crippen LogP contribution in [0.1, 0.15) is 25.0 Å². The zero-order valence-corrected chi connectivity index (χ0v) is 28.4. The second kappa shape index (κ2) is 9.50. The van der Waals surface area contributed by atoms with Crippen molar-refractivity contribution in [3.05, 3.63) is 174 Å². The second-order valence-electron chi connectivity index (χ2n) is 14.9. The Kier molecular flexibility index (Phi) is 5.13. The fourth-order valence-corrected chi connectivity index (χ4v) is 10.1. The van der Waals surface area contributed by atoms with E-state index in [1.807, 2.05) is 0 Å². The molecule has 0 spiro atoms. The van der Waals surface area contributed by atoms with E-state index >= 15 is 0 Å². The number of aromatic nitrogens is 2. The Balaban J connectivity index is 1.32. The monoisotopic (exact) mass is 649 g/mol. The van der Waals surface area contributed by atoms with Crippen LogP contribution in [-0.2, 0) is 5.41 Å². The summed E-state index contributed by atoms with van der Waals surface area (Å²) >= 11 is 0. The molecular weight excluding hydrogens is 617 g/mol. The number of benzene rings is 7. The van der Waals surface area contributed by atoms with E-state index < -0.39 is 0 Å². The lowest BCUT2D eigenvalue weighted by Crippen LogP contribution is -2.52. The summed E-state index contributed by atoms with van der Waals surface area (Å²) in [5, 5.41) is 5.28. The average molecular weight is 650 g/mol. The van der Waals surface area contributed by atoms with E-state index in [1.165, 1.54) is 99.6 Å². The molecule has 9 aromatic rings. The first-order valence-corrected chi connectivity index (χ1v) is 18.0.